The molecule has 0 unspecified atom stereocenters. The standard InChI is InChI=1S/C8H11O3PS/c1-9-12(13)10-6-7-4-2-3-5-8(7)11-12/h2-5,12-13H,6H2,1H3. The van der Waals surface area contributed by atoms with Gasteiger partial charge in [-0.25, -0.2) is 0 Å². The van der Waals surface area contributed by atoms with Crippen LogP contribution in [0, 0.1) is 0 Å². The van der Waals surface area contributed by atoms with E-state index in [4.69, 9.17) is 13.6 Å². The van der Waals surface area contributed by atoms with Gasteiger partial charge in [0.1, 0.15) is 0 Å². The normalized spacial score (nSPS) is 21.4. The zero-order valence-electron chi connectivity index (χ0n) is 7.19. The van der Waals surface area contributed by atoms with Gasteiger partial charge >= 0.3 is 82.3 Å². The molecular formula is C8H11O3PS. The van der Waals surface area contributed by atoms with Gasteiger partial charge < -0.3 is 0 Å². The third-order valence-corrected chi connectivity index (χ3v) is 4.59. The van der Waals surface area contributed by atoms with E-state index in [2.05, 4.69) is 12.2 Å². The van der Waals surface area contributed by atoms with Crippen molar-refractivity contribution in [2.45, 2.75) is 6.61 Å². The minimum atomic E-state index is -2.67. The Bertz CT molecular complexity index is 320. The van der Waals surface area contributed by atoms with Crippen LogP contribution in [0.1, 0.15) is 5.56 Å². The first-order valence-corrected chi connectivity index (χ1v) is 6.93. The quantitative estimate of drug-likeness (QED) is 0.580. The van der Waals surface area contributed by atoms with E-state index in [-0.39, 0.29) is 0 Å². The molecule has 2 rings (SSSR count). The van der Waals surface area contributed by atoms with E-state index in [1.165, 1.54) is 0 Å². The van der Waals surface area contributed by atoms with Crippen molar-refractivity contribution in [3.05, 3.63) is 29.8 Å². The van der Waals surface area contributed by atoms with Crippen LogP contribution in [0.25, 0.3) is 0 Å². The second-order valence-corrected chi connectivity index (χ2v) is 6.32. The molecule has 0 N–H and O–H groups in total. The van der Waals surface area contributed by atoms with Crippen molar-refractivity contribution < 1.29 is 13.6 Å². The molecule has 13 heavy (non-hydrogen) atoms. The van der Waals surface area contributed by atoms with Gasteiger partial charge in [0.2, 0.25) is 0 Å². The van der Waals surface area contributed by atoms with Crippen LogP contribution in [0.4, 0.5) is 0 Å². The Labute approximate surface area is 82.7 Å². The molecular weight excluding hydrogens is 207 g/mol. The number of rotatable bonds is 1. The van der Waals surface area contributed by atoms with Crippen LogP contribution in [0.15, 0.2) is 24.3 Å². The Balaban J connectivity index is 2.29. The molecule has 1 aromatic rings. The van der Waals surface area contributed by atoms with Gasteiger partial charge in [-0.3, -0.25) is 0 Å². The molecule has 3 nitrogen and oxygen atoms in total. The number of benzene rings is 1. The topological polar surface area (TPSA) is 27.7 Å². The number of hydrogen-bond donors (Lipinski definition) is 1. The molecule has 1 heterocycles. The fraction of sp³-hybridized carbons (Fsp3) is 0.250. The Hall–Kier alpha value is -0.280. The fourth-order valence-electron chi connectivity index (χ4n) is 1.16. The Morgan fingerprint density at radius 1 is 1.46 bits per heavy atom. The van der Waals surface area contributed by atoms with Crippen molar-refractivity contribution in [3.63, 3.8) is 0 Å². The first-order valence-electron chi connectivity index (χ1n) is 3.92. The van der Waals surface area contributed by atoms with Gasteiger partial charge in [0.15, 0.2) is 0 Å². The maximum atomic E-state index is 5.53. The van der Waals surface area contributed by atoms with Gasteiger partial charge in [0.25, 0.3) is 0 Å². The van der Waals surface area contributed by atoms with E-state index in [1.807, 2.05) is 24.3 Å². The van der Waals surface area contributed by atoms with E-state index < -0.39 is 7.15 Å². The van der Waals surface area contributed by atoms with Gasteiger partial charge in [-0.2, -0.15) is 0 Å². The van der Waals surface area contributed by atoms with Gasteiger partial charge in [-0.1, -0.05) is 0 Å². The molecule has 0 atom stereocenters. The monoisotopic (exact) mass is 218 g/mol. The summed E-state index contributed by atoms with van der Waals surface area (Å²) in [6.07, 6.45) is 0. The van der Waals surface area contributed by atoms with Crippen LogP contribution in [-0.2, 0) is 15.7 Å². The number of hydrogen-bond acceptors (Lipinski definition) is 4. The zero-order chi connectivity index (χ0) is 9.31. The van der Waals surface area contributed by atoms with Gasteiger partial charge in [0, 0.05) is 0 Å². The molecule has 0 aromatic heterocycles. The summed E-state index contributed by atoms with van der Waals surface area (Å²) in [4.78, 5) is 0. The minimum absolute atomic E-state index is 0.514. The molecule has 0 aliphatic carbocycles. The molecule has 1 aliphatic rings. The predicted octanol–water partition coefficient (Wildman–Crippen LogP) is 2.58. The van der Waals surface area contributed by atoms with Crippen LogP contribution < -0.4 is 4.52 Å². The molecule has 5 heteroatoms. The summed E-state index contributed by atoms with van der Waals surface area (Å²) in [6, 6.07) is 7.73. The summed E-state index contributed by atoms with van der Waals surface area (Å²) in [7, 11) is -1.12. The summed E-state index contributed by atoms with van der Waals surface area (Å²) in [6.45, 7) is 0.514. The third kappa shape index (κ3) is 1.81. The summed E-state index contributed by atoms with van der Waals surface area (Å²) in [5.41, 5.74) is 1.04. The van der Waals surface area contributed by atoms with E-state index >= 15 is 0 Å². The van der Waals surface area contributed by atoms with E-state index in [0.717, 1.165) is 11.3 Å². The number of para-hydroxylation sites is 1. The summed E-state index contributed by atoms with van der Waals surface area (Å²) < 4.78 is 16.0. The Kier molecular flexibility index (Phi) is 2.47. The van der Waals surface area contributed by atoms with Crippen molar-refractivity contribution in [3.8, 4) is 5.75 Å². The molecule has 0 radical (unpaired) electrons. The first-order chi connectivity index (χ1) is 6.23. The number of thiol groups is 1. The molecule has 0 saturated carbocycles. The van der Waals surface area contributed by atoms with E-state index in [0.29, 0.717) is 6.61 Å². The van der Waals surface area contributed by atoms with Crippen molar-refractivity contribution in [1.29, 1.82) is 0 Å². The van der Waals surface area contributed by atoms with Crippen LogP contribution in [0.3, 0.4) is 0 Å². The van der Waals surface area contributed by atoms with Crippen LogP contribution in [-0.4, -0.2) is 7.11 Å². The molecule has 0 spiro atoms. The van der Waals surface area contributed by atoms with Crippen molar-refractivity contribution in [2.75, 3.05) is 7.11 Å². The van der Waals surface area contributed by atoms with Gasteiger partial charge in [-0.05, 0) is 0 Å². The number of fused-ring (bicyclic) bond motifs is 1. The Morgan fingerprint density at radius 3 is 3.00 bits per heavy atom. The summed E-state index contributed by atoms with van der Waals surface area (Å²) in [5.74, 6) is 0.817. The van der Waals surface area contributed by atoms with E-state index in [1.54, 1.807) is 7.11 Å². The molecule has 1 aromatic carbocycles. The van der Waals surface area contributed by atoms with Crippen LogP contribution in [0.2, 0.25) is 0 Å². The second-order valence-electron chi connectivity index (χ2n) is 2.73. The van der Waals surface area contributed by atoms with Crippen molar-refractivity contribution in [2.24, 2.45) is 0 Å². The van der Waals surface area contributed by atoms with Crippen molar-refractivity contribution in [1.82, 2.24) is 0 Å². The van der Waals surface area contributed by atoms with Crippen LogP contribution in [0.5, 0.6) is 5.75 Å². The van der Waals surface area contributed by atoms with Gasteiger partial charge in [-0.15, -0.1) is 0 Å². The predicted molar refractivity (Wildman–Crippen MR) is 56.2 cm³/mol. The van der Waals surface area contributed by atoms with Crippen molar-refractivity contribution >= 4 is 19.4 Å². The van der Waals surface area contributed by atoms with E-state index in [9.17, 15) is 0 Å². The average molecular weight is 218 g/mol. The second kappa shape index (κ2) is 3.46. The Morgan fingerprint density at radius 2 is 2.23 bits per heavy atom. The molecule has 0 bridgehead atoms. The molecule has 0 fully saturated rings. The van der Waals surface area contributed by atoms with Gasteiger partial charge in [0.05, 0.1) is 0 Å². The molecule has 1 aliphatic heterocycles. The summed E-state index contributed by atoms with van der Waals surface area (Å²) in [5, 5.41) is 0. The van der Waals surface area contributed by atoms with Crippen LogP contribution >= 0.6 is 19.4 Å². The maximum absolute atomic E-state index is 5.53. The fourth-order valence-corrected chi connectivity index (χ4v) is 2.72. The molecule has 0 saturated heterocycles. The third-order valence-electron chi connectivity index (χ3n) is 1.88. The zero-order valence-corrected chi connectivity index (χ0v) is 9.08. The molecule has 0 amide bonds. The SMILES string of the molecule is CO[PH]1(S)OCc2ccccc2O1. The first kappa shape index (κ1) is 9.28. The summed E-state index contributed by atoms with van der Waals surface area (Å²) >= 11 is 4.25. The average Bonchev–Trinajstić information content (AvgIpc) is 2.18. The molecule has 72 valence electrons.